The molecular formula is C2Na6O6. The topological polar surface area (TPSA) is 138 Å². The zero-order valence-electron chi connectivity index (χ0n) is 9.45. The minimum atomic E-state index is -4.98. The van der Waals surface area contributed by atoms with Crippen molar-refractivity contribution in [2.24, 2.45) is 0 Å². The Kier molecular flexibility index (Phi) is 57.2. The Morgan fingerprint density at radius 2 is 0.429 bits per heavy atom. The predicted molar refractivity (Wildman–Crippen MR) is 5.46 cm³/mol. The van der Waals surface area contributed by atoms with Gasteiger partial charge < -0.3 is 42.6 Å². The summed E-state index contributed by atoms with van der Waals surface area (Å²) in [5, 5.41) is 54.5. The molecule has 0 N–H and O–H groups in total. The van der Waals surface area contributed by atoms with Crippen LogP contribution in [0.3, 0.4) is 0 Å². The second-order valence-corrected chi connectivity index (χ2v) is 1.11. The van der Waals surface area contributed by atoms with E-state index >= 15 is 0 Å². The van der Waals surface area contributed by atoms with E-state index in [9.17, 15) is 0 Å². The van der Waals surface area contributed by atoms with Crippen LogP contribution in [-0.2, 0) is 0 Å². The molecule has 0 aromatic heterocycles. The summed E-state index contributed by atoms with van der Waals surface area (Å²) < 4.78 is 0. The standard InChI is InChI=1S/C2O6.6Na/c3-1(4,5)2(6,7)8;;;;;;/q-6;6*+1. The summed E-state index contributed by atoms with van der Waals surface area (Å²) in [4.78, 5) is 0. The molecule has 0 aromatic rings. The maximum absolute atomic E-state index is 9.08. The fraction of sp³-hybridized carbons (Fsp3) is 1.00. The molecule has 0 bridgehead atoms. The van der Waals surface area contributed by atoms with Crippen LogP contribution in [0.2, 0.25) is 0 Å². The van der Waals surface area contributed by atoms with Gasteiger partial charge in [-0.15, -0.1) is 0 Å². The smallest absolute Gasteiger partial charge is 0.879 e. The van der Waals surface area contributed by atoms with Crippen LogP contribution in [0.25, 0.3) is 0 Å². The van der Waals surface area contributed by atoms with Gasteiger partial charge in [-0.2, -0.15) is 0 Å². The van der Waals surface area contributed by atoms with Crippen molar-refractivity contribution in [1.82, 2.24) is 0 Å². The largest absolute Gasteiger partial charge is 1.00 e. The first-order valence-corrected chi connectivity index (χ1v) is 1.47. The Bertz CT molecular complexity index is 75.3. The van der Waals surface area contributed by atoms with Crippen molar-refractivity contribution in [2.45, 2.75) is 11.9 Å². The molecule has 14 heavy (non-hydrogen) atoms. The van der Waals surface area contributed by atoms with Crippen LogP contribution in [0.1, 0.15) is 0 Å². The van der Waals surface area contributed by atoms with Gasteiger partial charge in [-0.25, -0.2) is 0 Å². The van der Waals surface area contributed by atoms with Crippen molar-refractivity contribution in [2.75, 3.05) is 0 Å². The quantitative estimate of drug-likeness (QED) is 0.338. The van der Waals surface area contributed by atoms with Gasteiger partial charge in [0.05, 0.1) is 0 Å². The van der Waals surface area contributed by atoms with E-state index in [1.807, 2.05) is 0 Å². The SMILES string of the molecule is [Na+].[Na+].[Na+].[Na+].[Na+].[Na+].[O-]C([O-])([O-])C([O-])([O-])[O-]. The fourth-order valence-electron chi connectivity index (χ4n) is 0. The summed E-state index contributed by atoms with van der Waals surface area (Å²) in [6.07, 6.45) is 0. The molecule has 12 heteroatoms. The zero-order valence-corrected chi connectivity index (χ0v) is 21.4. The minimum Gasteiger partial charge on any atom is -0.879 e. The summed E-state index contributed by atoms with van der Waals surface area (Å²) in [5.41, 5.74) is 0. The van der Waals surface area contributed by atoms with Crippen molar-refractivity contribution in [3.8, 4) is 0 Å². The van der Waals surface area contributed by atoms with Gasteiger partial charge in [0.15, 0.2) is 0 Å². The van der Waals surface area contributed by atoms with Gasteiger partial charge >= 0.3 is 177 Å². The third-order valence-corrected chi connectivity index (χ3v) is 0.375. The van der Waals surface area contributed by atoms with Crippen molar-refractivity contribution in [3.05, 3.63) is 0 Å². The molecule has 50 valence electrons. The molecule has 0 aromatic carbocycles. The third-order valence-electron chi connectivity index (χ3n) is 0.375. The molecule has 0 atom stereocenters. The van der Waals surface area contributed by atoms with Crippen LogP contribution in [0.5, 0.6) is 0 Å². The Balaban J connectivity index is -0.0000000163. The molecule has 0 rings (SSSR count). The van der Waals surface area contributed by atoms with Crippen molar-refractivity contribution >= 4 is 0 Å². The maximum Gasteiger partial charge on any atom is 1.00 e. The van der Waals surface area contributed by atoms with E-state index in [2.05, 4.69) is 0 Å². The molecule has 0 radical (unpaired) electrons. The number of hydrogen-bond donors (Lipinski definition) is 0. The molecule has 0 amide bonds. The van der Waals surface area contributed by atoms with Crippen LogP contribution in [0.15, 0.2) is 0 Å². The average Bonchev–Trinajstić information content (AvgIpc) is 1.25. The van der Waals surface area contributed by atoms with Gasteiger partial charge in [0, 0.05) is 0 Å². The second kappa shape index (κ2) is 18.8. The minimum absolute atomic E-state index is 0. The molecule has 6 nitrogen and oxygen atoms in total. The van der Waals surface area contributed by atoms with E-state index in [-0.39, 0.29) is 177 Å². The summed E-state index contributed by atoms with van der Waals surface area (Å²) in [7, 11) is 0. The van der Waals surface area contributed by atoms with Gasteiger partial charge in [0.1, 0.15) is 0 Å². The van der Waals surface area contributed by atoms with Gasteiger partial charge in [-0.05, 0) is 0 Å². The average molecular weight is 258 g/mol. The normalized spacial score (nSPS) is 8.14. The molecule has 0 aliphatic heterocycles. The summed E-state index contributed by atoms with van der Waals surface area (Å²) in [5.74, 6) is -9.96. The number of rotatable bonds is 1. The molecule has 0 aliphatic rings. The Hall–Kier alpha value is 5.76. The Morgan fingerprint density at radius 3 is 0.429 bits per heavy atom. The monoisotopic (exact) mass is 258 g/mol. The molecule has 0 saturated carbocycles. The fourth-order valence-corrected chi connectivity index (χ4v) is 0. The molecule has 0 fully saturated rings. The van der Waals surface area contributed by atoms with Gasteiger partial charge in [0.25, 0.3) is 0 Å². The summed E-state index contributed by atoms with van der Waals surface area (Å²) >= 11 is 0. The van der Waals surface area contributed by atoms with Gasteiger partial charge in [0.2, 0.25) is 0 Å². The van der Waals surface area contributed by atoms with Gasteiger partial charge in [-0.3, -0.25) is 0 Å². The maximum atomic E-state index is 9.08. The van der Waals surface area contributed by atoms with Crippen molar-refractivity contribution in [3.63, 3.8) is 0 Å². The van der Waals surface area contributed by atoms with E-state index in [0.29, 0.717) is 0 Å². The van der Waals surface area contributed by atoms with E-state index in [4.69, 9.17) is 30.6 Å². The van der Waals surface area contributed by atoms with Crippen LogP contribution in [0.4, 0.5) is 0 Å². The molecule has 0 spiro atoms. The molecular weight excluding hydrogens is 258 g/mol. The van der Waals surface area contributed by atoms with Crippen LogP contribution >= 0.6 is 0 Å². The molecule has 0 aliphatic carbocycles. The third kappa shape index (κ3) is 22.9. The van der Waals surface area contributed by atoms with Crippen LogP contribution in [-0.4, -0.2) is 11.9 Å². The van der Waals surface area contributed by atoms with Crippen molar-refractivity contribution < 1.29 is 208 Å². The van der Waals surface area contributed by atoms with E-state index in [1.165, 1.54) is 0 Å². The molecule has 0 saturated heterocycles. The Labute approximate surface area is 214 Å². The van der Waals surface area contributed by atoms with Crippen LogP contribution in [0, 0.1) is 0 Å². The first-order valence-electron chi connectivity index (χ1n) is 1.47. The Morgan fingerprint density at radius 1 is 0.357 bits per heavy atom. The zero-order chi connectivity index (χ0) is 7.00. The summed E-state index contributed by atoms with van der Waals surface area (Å²) in [6, 6.07) is 0. The molecule has 0 heterocycles. The predicted octanol–water partition coefficient (Wildman–Crippen LogP) is -25.5. The first kappa shape index (κ1) is 42.7. The molecule has 0 unspecified atom stereocenters. The first-order chi connectivity index (χ1) is 3.25. The van der Waals surface area contributed by atoms with E-state index in [0.717, 1.165) is 0 Å². The van der Waals surface area contributed by atoms with Crippen molar-refractivity contribution in [1.29, 1.82) is 0 Å². The summed E-state index contributed by atoms with van der Waals surface area (Å²) in [6.45, 7) is 0. The second-order valence-electron chi connectivity index (χ2n) is 1.11. The number of hydrogen-bond acceptors (Lipinski definition) is 6. The van der Waals surface area contributed by atoms with E-state index < -0.39 is 11.9 Å². The van der Waals surface area contributed by atoms with E-state index in [1.54, 1.807) is 0 Å². The van der Waals surface area contributed by atoms with Crippen LogP contribution < -0.4 is 208 Å². The van der Waals surface area contributed by atoms with Gasteiger partial charge in [-0.1, -0.05) is 0 Å².